The predicted molar refractivity (Wildman–Crippen MR) is 83.0 cm³/mol. The fourth-order valence-electron chi connectivity index (χ4n) is 2.06. The molecule has 1 amide bonds. The third-order valence-electron chi connectivity index (χ3n) is 3.28. The molecule has 0 bridgehead atoms. The van der Waals surface area contributed by atoms with Gasteiger partial charge in [0.25, 0.3) is 0 Å². The zero-order chi connectivity index (χ0) is 14.6. The number of amides is 1. The first-order valence-corrected chi connectivity index (χ1v) is 7.96. The van der Waals surface area contributed by atoms with Crippen molar-refractivity contribution in [3.8, 4) is 0 Å². The lowest BCUT2D eigenvalue weighted by molar-refractivity contribution is -0.131. The molecule has 0 aliphatic carbocycles. The molecule has 0 radical (unpaired) electrons. The van der Waals surface area contributed by atoms with Gasteiger partial charge in [-0.05, 0) is 12.1 Å². The first-order chi connectivity index (χ1) is 9.51. The van der Waals surface area contributed by atoms with Crippen LogP contribution in [0.4, 0.5) is 0 Å². The average Bonchev–Trinajstić information content (AvgIpc) is 2.49. The van der Waals surface area contributed by atoms with E-state index >= 15 is 0 Å². The number of nitrogens with one attached hydrogen (secondary N) is 1. The van der Waals surface area contributed by atoms with E-state index in [0.29, 0.717) is 13.1 Å². The topological polar surface area (TPSA) is 69.7 Å². The van der Waals surface area contributed by atoms with E-state index in [1.807, 2.05) is 0 Å². The van der Waals surface area contributed by atoms with E-state index in [9.17, 15) is 13.2 Å². The fourth-order valence-corrected chi connectivity index (χ4v) is 3.20. The molecule has 1 aromatic rings. The van der Waals surface area contributed by atoms with E-state index in [-0.39, 0.29) is 29.8 Å². The predicted octanol–water partition coefficient (Wildman–Crippen LogP) is 0.161. The second-order valence-electron chi connectivity index (χ2n) is 4.70. The minimum atomic E-state index is -3.60. The average molecular weight is 334 g/mol. The summed E-state index contributed by atoms with van der Waals surface area (Å²) in [6.45, 7) is 2.62. The highest BCUT2D eigenvalue weighted by Gasteiger charge is 2.25. The van der Waals surface area contributed by atoms with Gasteiger partial charge in [0.15, 0.2) is 0 Å². The van der Waals surface area contributed by atoms with Gasteiger partial charge in [-0.2, -0.15) is 4.31 Å². The van der Waals surface area contributed by atoms with Crippen LogP contribution in [-0.4, -0.2) is 63.3 Å². The van der Waals surface area contributed by atoms with E-state index < -0.39 is 10.0 Å². The van der Waals surface area contributed by atoms with E-state index in [1.165, 1.54) is 19.2 Å². The van der Waals surface area contributed by atoms with Crippen LogP contribution in [0.25, 0.3) is 0 Å². The van der Waals surface area contributed by atoms with Crippen LogP contribution in [0.15, 0.2) is 35.2 Å². The number of hydrogen-bond acceptors (Lipinski definition) is 4. The highest BCUT2D eigenvalue weighted by molar-refractivity contribution is 7.89. The summed E-state index contributed by atoms with van der Waals surface area (Å²) in [7, 11) is -2.17. The molecule has 118 valence electrons. The maximum atomic E-state index is 12.3. The maximum absolute atomic E-state index is 12.3. The minimum absolute atomic E-state index is 0. The van der Waals surface area contributed by atoms with Crippen molar-refractivity contribution in [3.05, 3.63) is 30.3 Å². The van der Waals surface area contributed by atoms with Crippen molar-refractivity contribution in [2.45, 2.75) is 4.90 Å². The van der Waals surface area contributed by atoms with Gasteiger partial charge in [0, 0.05) is 33.2 Å². The molecule has 0 saturated carbocycles. The van der Waals surface area contributed by atoms with Crippen LogP contribution in [0.3, 0.4) is 0 Å². The van der Waals surface area contributed by atoms with Crippen molar-refractivity contribution < 1.29 is 13.2 Å². The summed E-state index contributed by atoms with van der Waals surface area (Å²) in [6, 6.07) is 8.14. The molecule has 0 aromatic heterocycles. The summed E-state index contributed by atoms with van der Waals surface area (Å²) < 4.78 is 25.7. The van der Waals surface area contributed by atoms with Crippen molar-refractivity contribution in [2.75, 3.05) is 39.8 Å². The third-order valence-corrected chi connectivity index (χ3v) is 5.10. The van der Waals surface area contributed by atoms with E-state index in [1.54, 1.807) is 23.1 Å². The SMILES string of the molecule is CN(CC(=O)N1CCNCC1)S(=O)(=O)c1ccccc1.Cl. The van der Waals surface area contributed by atoms with Crippen LogP contribution in [0.2, 0.25) is 0 Å². The zero-order valence-electron chi connectivity index (χ0n) is 11.9. The van der Waals surface area contributed by atoms with Crippen LogP contribution in [-0.2, 0) is 14.8 Å². The molecule has 1 saturated heterocycles. The van der Waals surface area contributed by atoms with Crippen LogP contribution >= 0.6 is 12.4 Å². The Labute approximate surface area is 131 Å². The Morgan fingerprint density at radius 2 is 1.81 bits per heavy atom. The van der Waals surface area contributed by atoms with Crippen molar-refractivity contribution >= 4 is 28.3 Å². The quantitative estimate of drug-likeness (QED) is 0.852. The van der Waals surface area contributed by atoms with Gasteiger partial charge >= 0.3 is 0 Å². The lowest BCUT2D eigenvalue weighted by Crippen LogP contribution is -2.49. The van der Waals surface area contributed by atoms with Gasteiger partial charge in [0.2, 0.25) is 15.9 Å². The molecule has 0 unspecified atom stereocenters. The second kappa shape index (κ2) is 7.74. The van der Waals surface area contributed by atoms with Gasteiger partial charge in [-0.25, -0.2) is 8.42 Å². The van der Waals surface area contributed by atoms with Gasteiger partial charge in [0.05, 0.1) is 11.4 Å². The summed E-state index contributed by atoms with van der Waals surface area (Å²) in [5.74, 6) is -0.159. The number of piperazine rings is 1. The molecule has 1 aliphatic rings. The Hall–Kier alpha value is -1.15. The number of nitrogens with zero attached hydrogens (tertiary/aromatic N) is 2. The Balaban J connectivity index is 0.00000220. The van der Waals surface area contributed by atoms with Gasteiger partial charge in [0.1, 0.15) is 0 Å². The molecular weight excluding hydrogens is 314 g/mol. The van der Waals surface area contributed by atoms with Crippen molar-refractivity contribution in [3.63, 3.8) is 0 Å². The molecule has 0 spiro atoms. The van der Waals surface area contributed by atoms with Gasteiger partial charge in [-0.3, -0.25) is 4.79 Å². The monoisotopic (exact) mass is 333 g/mol. The third kappa shape index (κ3) is 4.41. The molecule has 1 aliphatic heterocycles. The first-order valence-electron chi connectivity index (χ1n) is 6.52. The Morgan fingerprint density at radius 3 is 2.38 bits per heavy atom. The van der Waals surface area contributed by atoms with Crippen LogP contribution in [0.1, 0.15) is 0 Å². The highest BCUT2D eigenvalue weighted by atomic mass is 35.5. The molecule has 1 heterocycles. The van der Waals surface area contributed by atoms with Crippen molar-refractivity contribution in [1.82, 2.24) is 14.5 Å². The van der Waals surface area contributed by atoms with Gasteiger partial charge in [-0.15, -0.1) is 12.4 Å². The van der Waals surface area contributed by atoms with Gasteiger partial charge in [-0.1, -0.05) is 18.2 Å². The molecule has 6 nitrogen and oxygen atoms in total. The summed E-state index contributed by atoms with van der Waals surface area (Å²) >= 11 is 0. The number of carbonyl (C=O) groups excluding carboxylic acids is 1. The van der Waals surface area contributed by atoms with Crippen molar-refractivity contribution in [1.29, 1.82) is 0 Å². The normalized spacial score (nSPS) is 15.6. The fraction of sp³-hybridized carbons (Fsp3) is 0.462. The smallest absolute Gasteiger partial charge is 0.243 e. The number of carbonyl (C=O) groups is 1. The molecule has 1 fully saturated rings. The molecule has 8 heteroatoms. The Bertz CT molecular complexity index is 559. The summed E-state index contributed by atoms with van der Waals surface area (Å²) in [5, 5.41) is 3.15. The molecule has 1 aromatic carbocycles. The highest BCUT2D eigenvalue weighted by Crippen LogP contribution is 2.13. The van der Waals surface area contributed by atoms with Crippen LogP contribution < -0.4 is 5.32 Å². The van der Waals surface area contributed by atoms with E-state index in [0.717, 1.165) is 17.4 Å². The maximum Gasteiger partial charge on any atom is 0.243 e. The molecule has 1 N–H and O–H groups in total. The van der Waals surface area contributed by atoms with Crippen LogP contribution in [0.5, 0.6) is 0 Å². The van der Waals surface area contributed by atoms with Crippen molar-refractivity contribution in [2.24, 2.45) is 0 Å². The lowest BCUT2D eigenvalue weighted by atomic mass is 10.3. The number of hydrogen-bond donors (Lipinski definition) is 1. The van der Waals surface area contributed by atoms with E-state index in [2.05, 4.69) is 5.32 Å². The number of benzene rings is 1. The number of sulfonamides is 1. The second-order valence-corrected chi connectivity index (χ2v) is 6.75. The Kier molecular flexibility index (Phi) is 6.60. The lowest BCUT2D eigenvalue weighted by Gasteiger charge is -2.29. The molecular formula is C13H20ClN3O3S. The summed E-state index contributed by atoms with van der Waals surface area (Å²) in [5.41, 5.74) is 0. The Morgan fingerprint density at radius 1 is 1.24 bits per heavy atom. The first kappa shape index (κ1) is 17.9. The van der Waals surface area contributed by atoms with Gasteiger partial charge < -0.3 is 10.2 Å². The standard InChI is InChI=1S/C13H19N3O3S.ClH/c1-15(11-13(17)16-9-7-14-8-10-16)20(18,19)12-5-3-2-4-6-12;/h2-6,14H,7-11H2,1H3;1H. The summed E-state index contributed by atoms with van der Waals surface area (Å²) in [4.78, 5) is 14.0. The minimum Gasteiger partial charge on any atom is -0.339 e. The zero-order valence-corrected chi connectivity index (χ0v) is 13.5. The molecule has 21 heavy (non-hydrogen) atoms. The number of rotatable bonds is 4. The summed E-state index contributed by atoms with van der Waals surface area (Å²) in [6.07, 6.45) is 0. The molecule has 0 atom stereocenters. The van der Waals surface area contributed by atoms with Crippen LogP contribution in [0, 0.1) is 0 Å². The number of halogens is 1. The molecule has 2 rings (SSSR count). The largest absolute Gasteiger partial charge is 0.339 e. The van der Waals surface area contributed by atoms with E-state index in [4.69, 9.17) is 0 Å². The number of likely N-dealkylation sites (N-methyl/N-ethyl adjacent to an activating group) is 1.